The lowest BCUT2D eigenvalue weighted by molar-refractivity contribution is 0.0662. The number of hydrogen-bond acceptors (Lipinski definition) is 5. The van der Waals surface area contributed by atoms with Gasteiger partial charge in [0.15, 0.2) is 0 Å². The average molecular weight is 426 g/mol. The second kappa shape index (κ2) is 10.0. The standard InChI is InChI=1S/C26H39N3O2/c1-25(2,3)20-26(4,5)21-9-11-23(12-10-21)31-19-22(30)18-28-14-16-29(17-15-28)24-8-6-7-13-27-24/h6-13,22,30H,14-20H2,1-5H3. The first-order valence-corrected chi connectivity index (χ1v) is 11.4. The summed E-state index contributed by atoms with van der Waals surface area (Å²) in [6.45, 7) is 16.1. The molecule has 0 amide bonds. The van der Waals surface area contributed by atoms with Crippen LogP contribution in [0.5, 0.6) is 5.75 Å². The van der Waals surface area contributed by atoms with Crippen molar-refractivity contribution >= 4 is 5.82 Å². The molecule has 3 rings (SSSR count). The van der Waals surface area contributed by atoms with Crippen LogP contribution in [0.3, 0.4) is 0 Å². The number of β-amino-alcohol motifs (C(OH)–C–C–N with tert-alkyl or cyclic N) is 1. The number of piperazine rings is 1. The summed E-state index contributed by atoms with van der Waals surface area (Å²) in [4.78, 5) is 9.02. The maximum Gasteiger partial charge on any atom is 0.128 e. The number of aromatic nitrogens is 1. The number of rotatable bonds is 8. The summed E-state index contributed by atoms with van der Waals surface area (Å²) >= 11 is 0. The first-order valence-electron chi connectivity index (χ1n) is 11.4. The maximum atomic E-state index is 10.5. The summed E-state index contributed by atoms with van der Waals surface area (Å²) in [6, 6.07) is 14.4. The third-order valence-electron chi connectivity index (χ3n) is 5.86. The first-order chi connectivity index (χ1) is 14.6. The van der Waals surface area contributed by atoms with Crippen molar-refractivity contribution in [3.8, 4) is 5.75 Å². The number of nitrogens with zero attached hydrogens (tertiary/aromatic N) is 3. The summed E-state index contributed by atoms with van der Waals surface area (Å²) < 4.78 is 5.87. The van der Waals surface area contributed by atoms with E-state index in [1.807, 2.05) is 36.5 Å². The van der Waals surface area contributed by atoms with Gasteiger partial charge >= 0.3 is 0 Å². The average Bonchev–Trinajstić information content (AvgIpc) is 2.72. The summed E-state index contributed by atoms with van der Waals surface area (Å²) in [5, 5.41) is 10.5. The smallest absolute Gasteiger partial charge is 0.128 e. The Labute approximate surface area is 188 Å². The molecule has 1 N–H and O–H groups in total. The zero-order valence-corrected chi connectivity index (χ0v) is 19.8. The van der Waals surface area contributed by atoms with E-state index in [9.17, 15) is 5.11 Å². The van der Waals surface area contributed by atoms with Gasteiger partial charge in [-0.1, -0.05) is 52.8 Å². The van der Waals surface area contributed by atoms with E-state index in [1.165, 1.54) is 5.56 Å². The highest BCUT2D eigenvalue weighted by Crippen LogP contribution is 2.36. The highest BCUT2D eigenvalue weighted by molar-refractivity contribution is 5.38. The normalized spacial score (nSPS) is 16.9. The molecule has 170 valence electrons. The molecule has 0 aliphatic carbocycles. The number of hydrogen-bond donors (Lipinski definition) is 1. The first kappa shape index (κ1) is 23.6. The number of benzene rings is 1. The fourth-order valence-corrected chi connectivity index (χ4v) is 4.67. The van der Waals surface area contributed by atoms with E-state index in [1.54, 1.807) is 0 Å². The predicted molar refractivity (Wildman–Crippen MR) is 128 cm³/mol. The van der Waals surface area contributed by atoms with Crippen molar-refractivity contribution in [2.45, 2.75) is 52.6 Å². The zero-order chi connectivity index (χ0) is 22.5. The van der Waals surface area contributed by atoms with Gasteiger partial charge in [0.25, 0.3) is 0 Å². The number of anilines is 1. The molecule has 1 fully saturated rings. The second-order valence-corrected chi connectivity index (χ2v) is 10.6. The molecular weight excluding hydrogens is 386 g/mol. The van der Waals surface area contributed by atoms with Gasteiger partial charge in [0.1, 0.15) is 24.3 Å². The van der Waals surface area contributed by atoms with Crippen molar-refractivity contribution in [3.05, 3.63) is 54.2 Å². The third-order valence-corrected chi connectivity index (χ3v) is 5.86. The Morgan fingerprint density at radius 2 is 1.65 bits per heavy atom. The molecule has 1 unspecified atom stereocenters. The molecule has 1 aliphatic rings. The van der Waals surface area contributed by atoms with Crippen molar-refractivity contribution in [3.63, 3.8) is 0 Å². The molecule has 1 aromatic heterocycles. The van der Waals surface area contributed by atoms with E-state index in [0.29, 0.717) is 13.2 Å². The van der Waals surface area contributed by atoms with Crippen LogP contribution in [0.15, 0.2) is 48.7 Å². The molecule has 0 bridgehead atoms. The third kappa shape index (κ3) is 7.22. The molecule has 5 heteroatoms. The molecule has 1 aliphatic heterocycles. The van der Waals surface area contributed by atoms with Crippen molar-refractivity contribution in [1.82, 2.24) is 9.88 Å². The van der Waals surface area contributed by atoms with E-state index in [-0.39, 0.29) is 10.8 Å². The number of aliphatic hydroxyl groups excluding tert-OH is 1. The molecule has 0 radical (unpaired) electrons. The Kier molecular flexibility index (Phi) is 7.60. The quantitative estimate of drug-likeness (QED) is 0.681. The Balaban J connectivity index is 1.42. The molecule has 2 heterocycles. The minimum Gasteiger partial charge on any atom is -0.491 e. The van der Waals surface area contributed by atoms with E-state index >= 15 is 0 Å². The van der Waals surface area contributed by atoms with Crippen LogP contribution in [-0.2, 0) is 5.41 Å². The SMILES string of the molecule is CC(C)(C)CC(C)(C)c1ccc(OCC(O)CN2CCN(c3ccccn3)CC2)cc1. The van der Waals surface area contributed by atoms with Crippen molar-refractivity contribution in [2.24, 2.45) is 5.41 Å². The van der Waals surface area contributed by atoms with Gasteiger partial charge < -0.3 is 14.7 Å². The van der Waals surface area contributed by atoms with Crippen molar-refractivity contribution in [2.75, 3.05) is 44.2 Å². The molecule has 31 heavy (non-hydrogen) atoms. The number of aliphatic hydroxyl groups is 1. The fourth-order valence-electron chi connectivity index (χ4n) is 4.67. The minimum atomic E-state index is -0.501. The van der Waals surface area contributed by atoms with Crippen LogP contribution < -0.4 is 9.64 Å². The number of pyridine rings is 1. The lowest BCUT2D eigenvalue weighted by Crippen LogP contribution is -2.49. The van der Waals surface area contributed by atoms with Crippen LogP contribution in [0.25, 0.3) is 0 Å². The summed E-state index contributed by atoms with van der Waals surface area (Å²) in [5.74, 6) is 1.84. The van der Waals surface area contributed by atoms with Gasteiger partial charge in [-0.3, -0.25) is 4.90 Å². The molecule has 5 nitrogen and oxygen atoms in total. The Bertz CT molecular complexity index is 792. The number of ether oxygens (including phenoxy) is 1. The topological polar surface area (TPSA) is 48.8 Å². The van der Waals surface area contributed by atoms with Crippen LogP contribution in [0, 0.1) is 5.41 Å². The molecule has 2 aromatic rings. The lowest BCUT2D eigenvalue weighted by Gasteiger charge is -2.36. The molecule has 1 aromatic carbocycles. The van der Waals surface area contributed by atoms with E-state index in [2.05, 4.69) is 61.5 Å². The van der Waals surface area contributed by atoms with Gasteiger partial charge in [-0.05, 0) is 47.1 Å². The van der Waals surface area contributed by atoms with Gasteiger partial charge in [0.2, 0.25) is 0 Å². The van der Waals surface area contributed by atoms with Crippen LogP contribution in [0.1, 0.15) is 46.6 Å². The monoisotopic (exact) mass is 425 g/mol. The lowest BCUT2D eigenvalue weighted by atomic mass is 9.72. The highest BCUT2D eigenvalue weighted by atomic mass is 16.5. The minimum absolute atomic E-state index is 0.119. The fraction of sp³-hybridized carbons (Fsp3) is 0.577. The van der Waals surface area contributed by atoms with E-state index < -0.39 is 6.10 Å². The van der Waals surface area contributed by atoms with Crippen LogP contribution >= 0.6 is 0 Å². The van der Waals surface area contributed by atoms with Gasteiger partial charge in [-0.25, -0.2) is 4.98 Å². The highest BCUT2D eigenvalue weighted by Gasteiger charge is 2.27. The van der Waals surface area contributed by atoms with Gasteiger partial charge in [0, 0.05) is 38.9 Å². The zero-order valence-electron chi connectivity index (χ0n) is 19.8. The predicted octanol–water partition coefficient (Wildman–Crippen LogP) is 4.36. The van der Waals surface area contributed by atoms with E-state index in [4.69, 9.17) is 4.74 Å². The largest absolute Gasteiger partial charge is 0.491 e. The molecule has 0 saturated carbocycles. The maximum absolute atomic E-state index is 10.5. The van der Waals surface area contributed by atoms with Gasteiger partial charge in [0.05, 0.1) is 0 Å². The summed E-state index contributed by atoms with van der Waals surface area (Å²) in [6.07, 6.45) is 2.45. The van der Waals surface area contributed by atoms with Gasteiger partial charge in [-0.15, -0.1) is 0 Å². The van der Waals surface area contributed by atoms with Crippen LogP contribution in [0.4, 0.5) is 5.82 Å². The Morgan fingerprint density at radius 3 is 2.23 bits per heavy atom. The molecule has 1 saturated heterocycles. The van der Waals surface area contributed by atoms with E-state index in [0.717, 1.165) is 44.2 Å². The van der Waals surface area contributed by atoms with Crippen LogP contribution in [-0.4, -0.2) is 60.4 Å². The Morgan fingerprint density at radius 1 is 0.968 bits per heavy atom. The molecular formula is C26H39N3O2. The summed E-state index contributed by atoms with van der Waals surface area (Å²) in [5.41, 5.74) is 1.72. The van der Waals surface area contributed by atoms with Crippen LogP contribution in [0.2, 0.25) is 0 Å². The second-order valence-electron chi connectivity index (χ2n) is 10.6. The van der Waals surface area contributed by atoms with Crippen molar-refractivity contribution in [1.29, 1.82) is 0 Å². The summed E-state index contributed by atoms with van der Waals surface area (Å²) in [7, 11) is 0. The van der Waals surface area contributed by atoms with Crippen molar-refractivity contribution < 1.29 is 9.84 Å². The van der Waals surface area contributed by atoms with Gasteiger partial charge in [-0.2, -0.15) is 0 Å². The molecule has 0 spiro atoms. The molecule has 1 atom stereocenters. The Hall–Kier alpha value is -2.11.